The minimum Gasteiger partial charge on any atom is -0.491 e. The molecule has 0 spiro atoms. The van der Waals surface area contributed by atoms with Crippen LogP contribution in [0.25, 0.3) is 0 Å². The number of halogens is 2. The molecule has 0 fully saturated rings. The third-order valence-electron chi connectivity index (χ3n) is 5.59. The van der Waals surface area contributed by atoms with Gasteiger partial charge in [-0.1, -0.05) is 19.1 Å². The first kappa shape index (κ1) is 23.3. The number of carbonyl (C=O) groups is 1. The second kappa shape index (κ2) is 9.20. The van der Waals surface area contributed by atoms with Crippen molar-refractivity contribution in [2.24, 2.45) is 5.92 Å². The summed E-state index contributed by atoms with van der Waals surface area (Å²) in [6, 6.07) is 2.07. The van der Waals surface area contributed by atoms with Gasteiger partial charge in [0.25, 0.3) is 0 Å². The van der Waals surface area contributed by atoms with E-state index in [1.54, 1.807) is 13.1 Å². The van der Waals surface area contributed by atoms with Crippen LogP contribution in [-0.4, -0.2) is 51.1 Å². The van der Waals surface area contributed by atoms with Crippen LogP contribution in [0, 0.1) is 24.5 Å². The Morgan fingerprint density at radius 3 is 2.59 bits per heavy atom. The number of hydrogen-bond acceptors (Lipinski definition) is 8. The summed E-state index contributed by atoms with van der Waals surface area (Å²) in [7, 11) is 3.05. The molecule has 180 valence electrons. The Morgan fingerprint density at radius 1 is 1.24 bits per heavy atom. The summed E-state index contributed by atoms with van der Waals surface area (Å²) < 4.78 is 34.1. The monoisotopic (exact) mass is 472 g/mol. The molecule has 12 heteroatoms. The van der Waals surface area contributed by atoms with E-state index in [0.29, 0.717) is 34.4 Å². The molecule has 0 radical (unpaired) electrons. The number of ether oxygens (including phenoxy) is 1. The molecule has 0 saturated carbocycles. The van der Waals surface area contributed by atoms with E-state index in [1.807, 2.05) is 25.8 Å². The molecule has 2 aromatic heterocycles. The summed E-state index contributed by atoms with van der Waals surface area (Å²) in [6.07, 6.45) is 1.67. The van der Waals surface area contributed by atoms with Gasteiger partial charge in [-0.2, -0.15) is 4.98 Å². The molecule has 4 rings (SSSR count). The number of methoxy groups -OCH3 is 1. The number of benzene rings is 1. The van der Waals surface area contributed by atoms with Crippen molar-refractivity contribution in [3.8, 4) is 5.75 Å². The molecule has 0 bridgehead atoms. The van der Waals surface area contributed by atoms with Crippen molar-refractivity contribution < 1.29 is 18.3 Å². The summed E-state index contributed by atoms with van der Waals surface area (Å²) in [5.74, 6) is -0.924. The van der Waals surface area contributed by atoms with Crippen LogP contribution in [-0.2, 0) is 17.9 Å². The molecular formula is C22H26F2N8O2. The van der Waals surface area contributed by atoms with Crippen LogP contribution in [0.15, 0.2) is 18.3 Å². The standard InChI is InChI=1S/C22H26F2N8O2/c1-11(2)18-21(33)27-17-12(3)26-22(28-20(17)31(18)4)25-8-14-10-32(30-29-14)9-13-6-15(23)19(34-5)16(24)7-13/h6-7,10-11,18H,8-9H2,1-5H3,(H,27,33)(H,25,26,28). The number of aryl methyl sites for hydroxylation is 1. The van der Waals surface area contributed by atoms with Gasteiger partial charge in [-0.05, 0) is 30.5 Å². The van der Waals surface area contributed by atoms with Gasteiger partial charge in [-0.15, -0.1) is 5.10 Å². The van der Waals surface area contributed by atoms with E-state index in [9.17, 15) is 13.6 Å². The van der Waals surface area contributed by atoms with E-state index in [4.69, 9.17) is 4.74 Å². The van der Waals surface area contributed by atoms with Gasteiger partial charge in [0.15, 0.2) is 23.2 Å². The van der Waals surface area contributed by atoms with E-state index in [0.717, 1.165) is 0 Å². The van der Waals surface area contributed by atoms with Crippen molar-refractivity contribution in [3.63, 3.8) is 0 Å². The van der Waals surface area contributed by atoms with Gasteiger partial charge in [0.2, 0.25) is 11.9 Å². The van der Waals surface area contributed by atoms with Gasteiger partial charge in [0.05, 0.1) is 32.1 Å². The number of aromatic nitrogens is 5. The normalized spacial score (nSPS) is 15.4. The molecule has 2 N–H and O–H groups in total. The minimum absolute atomic E-state index is 0.0781. The van der Waals surface area contributed by atoms with Gasteiger partial charge in [0.1, 0.15) is 17.4 Å². The first-order valence-corrected chi connectivity index (χ1v) is 10.7. The Hall–Kier alpha value is -3.83. The van der Waals surface area contributed by atoms with E-state index in [2.05, 4.69) is 30.9 Å². The van der Waals surface area contributed by atoms with Crippen LogP contribution in [0.3, 0.4) is 0 Å². The van der Waals surface area contributed by atoms with Crippen molar-refractivity contribution in [1.29, 1.82) is 0 Å². The number of nitrogens with zero attached hydrogens (tertiary/aromatic N) is 6. The van der Waals surface area contributed by atoms with E-state index >= 15 is 0 Å². The molecule has 10 nitrogen and oxygen atoms in total. The Labute approximate surface area is 195 Å². The average molecular weight is 473 g/mol. The maximum absolute atomic E-state index is 13.9. The smallest absolute Gasteiger partial charge is 0.247 e. The first-order valence-electron chi connectivity index (χ1n) is 10.7. The third-order valence-corrected chi connectivity index (χ3v) is 5.59. The van der Waals surface area contributed by atoms with Gasteiger partial charge in [-0.3, -0.25) is 4.79 Å². The zero-order valence-corrected chi connectivity index (χ0v) is 19.6. The van der Waals surface area contributed by atoms with Crippen molar-refractivity contribution in [2.75, 3.05) is 29.7 Å². The SMILES string of the molecule is COc1c(F)cc(Cn2cc(CNc3nc(C)c4c(n3)N(C)C(C(C)C)C(=O)N4)nn2)cc1F. The van der Waals surface area contributed by atoms with Crippen LogP contribution in [0.4, 0.5) is 26.2 Å². The van der Waals surface area contributed by atoms with E-state index < -0.39 is 17.4 Å². The molecule has 0 saturated heterocycles. The van der Waals surface area contributed by atoms with Crippen molar-refractivity contribution >= 4 is 23.4 Å². The highest BCUT2D eigenvalue weighted by Gasteiger charge is 2.35. The van der Waals surface area contributed by atoms with Crippen molar-refractivity contribution in [2.45, 2.75) is 39.9 Å². The summed E-state index contributed by atoms with van der Waals surface area (Å²) >= 11 is 0. The van der Waals surface area contributed by atoms with Gasteiger partial charge < -0.3 is 20.3 Å². The number of amides is 1. The number of nitrogens with one attached hydrogen (secondary N) is 2. The topological polar surface area (TPSA) is 110 Å². The van der Waals surface area contributed by atoms with Crippen LogP contribution in [0.5, 0.6) is 5.75 Å². The highest BCUT2D eigenvalue weighted by atomic mass is 19.1. The lowest BCUT2D eigenvalue weighted by molar-refractivity contribution is -0.118. The molecule has 34 heavy (non-hydrogen) atoms. The number of fused-ring (bicyclic) bond motifs is 1. The Balaban J connectivity index is 1.46. The fraction of sp³-hybridized carbons (Fsp3) is 0.409. The number of rotatable bonds is 7. The maximum Gasteiger partial charge on any atom is 0.247 e. The highest BCUT2D eigenvalue weighted by molar-refractivity contribution is 6.03. The van der Waals surface area contributed by atoms with E-state index in [-0.39, 0.29) is 31.0 Å². The van der Waals surface area contributed by atoms with Crippen molar-refractivity contribution in [3.05, 3.63) is 46.9 Å². The number of likely N-dealkylation sites (N-methyl/N-ethyl adjacent to an activating group) is 1. The fourth-order valence-corrected chi connectivity index (χ4v) is 4.05. The van der Waals surface area contributed by atoms with Crippen LogP contribution >= 0.6 is 0 Å². The maximum atomic E-state index is 13.9. The second-order valence-corrected chi connectivity index (χ2v) is 8.47. The zero-order valence-electron chi connectivity index (χ0n) is 19.6. The average Bonchev–Trinajstić information content (AvgIpc) is 3.20. The largest absolute Gasteiger partial charge is 0.491 e. The number of carbonyl (C=O) groups excluding carboxylic acids is 1. The Morgan fingerprint density at radius 2 is 1.94 bits per heavy atom. The predicted molar refractivity (Wildman–Crippen MR) is 122 cm³/mol. The number of hydrogen-bond donors (Lipinski definition) is 2. The van der Waals surface area contributed by atoms with Gasteiger partial charge >= 0.3 is 0 Å². The highest BCUT2D eigenvalue weighted by Crippen LogP contribution is 2.34. The molecule has 1 aliphatic rings. The fourth-order valence-electron chi connectivity index (χ4n) is 4.05. The molecular weight excluding hydrogens is 446 g/mol. The quantitative estimate of drug-likeness (QED) is 0.540. The lowest BCUT2D eigenvalue weighted by Gasteiger charge is -2.36. The molecule has 3 heterocycles. The predicted octanol–water partition coefficient (Wildman–Crippen LogP) is 2.74. The van der Waals surface area contributed by atoms with Crippen LogP contribution < -0.4 is 20.3 Å². The number of anilines is 3. The zero-order chi connectivity index (χ0) is 24.6. The third kappa shape index (κ3) is 4.47. The molecule has 0 aliphatic carbocycles. The summed E-state index contributed by atoms with van der Waals surface area (Å²) in [5, 5.41) is 14.1. The molecule has 1 unspecified atom stereocenters. The van der Waals surface area contributed by atoms with E-state index in [1.165, 1.54) is 23.9 Å². The van der Waals surface area contributed by atoms with Crippen LogP contribution in [0.1, 0.15) is 30.8 Å². The molecule has 1 atom stereocenters. The lowest BCUT2D eigenvalue weighted by atomic mass is 9.99. The molecule has 3 aromatic rings. The van der Waals surface area contributed by atoms with Gasteiger partial charge in [-0.25, -0.2) is 18.4 Å². The van der Waals surface area contributed by atoms with Crippen molar-refractivity contribution in [1.82, 2.24) is 25.0 Å². The van der Waals surface area contributed by atoms with Crippen LogP contribution in [0.2, 0.25) is 0 Å². The molecule has 1 aromatic carbocycles. The lowest BCUT2D eigenvalue weighted by Crippen LogP contribution is -2.49. The summed E-state index contributed by atoms with van der Waals surface area (Å²) in [4.78, 5) is 23.4. The Bertz CT molecular complexity index is 1210. The molecule has 1 amide bonds. The summed E-state index contributed by atoms with van der Waals surface area (Å²) in [5.41, 5.74) is 2.22. The molecule has 1 aliphatic heterocycles. The van der Waals surface area contributed by atoms with Gasteiger partial charge in [0, 0.05) is 7.05 Å². The first-order chi connectivity index (χ1) is 16.2. The Kier molecular flexibility index (Phi) is 6.31. The summed E-state index contributed by atoms with van der Waals surface area (Å²) in [6.45, 7) is 6.19. The second-order valence-electron chi connectivity index (χ2n) is 8.47. The minimum atomic E-state index is -0.778.